The van der Waals surface area contributed by atoms with E-state index in [0.29, 0.717) is 15.7 Å². The maximum Gasteiger partial charge on any atom is 0.264 e. The van der Waals surface area contributed by atoms with Gasteiger partial charge >= 0.3 is 0 Å². The number of halogens is 2. The lowest BCUT2D eigenvalue weighted by molar-refractivity contribution is -0.140. The molecule has 0 saturated heterocycles. The fourth-order valence-electron chi connectivity index (χ4n) is 5.74. The fourth-order valence-corrected chi connectivity index (χ4v) is 7.41. The van der Waals surface area contributed by atoms with Gasteiger partial charge in [0.25, 0.3) is 10.0 Å². The first-order valence-corrected chi connectivity index (χ1v) is 17.6. The van der Waals surface area contributed by atoms with Crippen LogP contribution in [0.15, 0.2) is 114 Å². The highest BCUT2D eigenvalue weighted by atomic mass is 35.5. The molecule has 1 atom stereocenters. The SMILES string of the molecule is O=C(NC1CCCCC1)[C@H](Cc1ccccc1)N(Cc1ccc(Cl)cc1)C(=O)CN(c1ccccc1)S(=O)(=O)c1ccc(Cl)cc1. The molecule has 1 aliphatic carbocycles. The number of benzene rings is 4. The van der Waals surface area contributed by atoms with Crippen LogP contribution in [0, 0.1) is 0 Å². The van der Waals surface area contributed by atoms with Crippen LogP contribution >= 0.6 is 23.2 Å². The van der Waals surface area contributed by atoms with E-state index in [4.69, 9.17) is 23.2 Å². The highest BCUT2D eigenvalue weighted by Gasteiger charge is 2.35. The number of para-hydroxylation sites is 1. The van der Waals surface area contributed by atoms with Gasteiger partial charge in [0, 0.05) is 29.1 Å². The van der Waals surface area contributed by atoms with Crippen molar-refractivity contribution >= 4 is 50.7 Å². The molecule has 0 heterocycles. The Morgan fingerprint density at radius 2 is 1.30 bits per heavy atom. The van der Waals surface area contributed by atoms with Crippen LogP contribution in [0.2, 0.25) is 10.0 Å². The number of amides is 2. The van der Waals surface area contributed by atoms with E-state index in [9.17, 15) is 18.0 Å². The molecular weight excluding hydrogens is 641 g/mol. The molecule has 0 bridgehead atoms. The molecule has 46 heavy (non-hydrogen) atoms. The Kier molecular flexibility index (Phi) is 11.4. The number of hydrogen-bond acceptors (Lipinski definition) is 4. The average molecular weight is 679 g/mol. The number of hydrogen-bond donors (Lipinski definition) is 1. The second-order valence-corrected chi connectivity index (χ2v) is 14.2. The van der Waals surface area contributed by atoms with Gasteiger partial charge in [0.05, 0.1) is 10.6 Å². The molecule has 1 fully saturated rings. The standard InChI is InChI=1S/C36H37Cl2N3O4S/c37-29-18-16-28(17-19-29)25-40(34(24-27-10-4-1-5-11-27)36(43)39-31-12-6-2-7-13-31)35(42)26-41(32-14-8-3-9-15-32)46(44,45)33-22-20-30(38)21-23-33/h1,3-5,8-11,14-23,31,34H,2,6-7,12-13,24-26H2,(H,39,43)/t34-/m0/s1. The van der Waals surface area contributed by atoms with Gasteiger partial charge in [-0.2, -0.15) is 0 Å². The lowest BCUT2D eigenvalue weighted by atomic mass is 9.94. The average Bonchev–Trinajstić information content (AvgIpc) is 3.07. The van der Waals surface area contributed by atoms with Gasteiger partial charge in [-0.15, -0.1) is 0 Å². The van der Waals surface area contributed by atoms with Crippen molar-refractivity contribution in [1.82, 2.24) is 10.2 Å². The van der Waals surface area contributed by atoms with Crippen LogP contribution in [0.1, 0.15) is 43.2 Å². The van der Waals surface area contributed by atoms with E-state index in [2.05, 4.69) is 5.32 Å². The first-order valence-electron chi connectivity index (χ1n) is 15.4. The minimum atomic E-state index is -4.20. The lowest BCUT2D eigenvalue weighted by Crippen LogP contribution is -2.55. The van der Waals surface area contributed by atoms with Crippen LogP contribution in [0.3, 0.4) is 0 Å². The Balaban J connectivity index is 1.54. The van der Waals surface area contributed by atoms with E-state index >= 15 is 0 Å². The summed E-state index contributed by atoms with van der Waals surface area (Å²) in [4.78, 5) is 30.2. The van der Waals surface area contributed by atoms with Gasteiger partial charge in [-0.3, -0.25) is 13.9 Å². The van der Waals surface area contributed by atoms with Gasteiger partial charge in [0.1, 0.15) is 12.6 Å². The number of nitrogens with zero attached hydrogens (tertiary/aromatic N) is 2. The van der Waals surface area contributed by atoms with Gasteiger partial charge in [-0.1, -0.05) is 103 Å². The second kappa shape index (κ2) is 15.6. The zero-order valence-electron chi connectivity index (χ0n) is 25.4. The Bertz CT molecular complexity index is 1700. The third-order valence-corrected chi connectivity index (χ3v) is 10.5. The number of carbonyl (C=O) groups excluding carboxylic acids is 2. The summed E-state index contributed by atoms with van der Waals surface area (Å²) in [7, 11) is -4.20. The van der Waals surface area contributed by atoms with E-state index in [1.165, 1.54) is 29.2 Å². The van der Waals surface area contributed by atoms with Crippen LogP contribution in [0.5, 0.6) is 0 Å². The van der Waals surface area contributed by atoms with E-state index in [-0.39, 0.29) is 29.8 Å². The first-order chi connectivity index (χ1) is 22.2. The van der Waals surface area contributed by atoms with Gasteiger partial charge in [0.2, 0.25) is 11.8 Å². The number of nitrogens with one attached hydrogen (secondary N) is 1. The van der Waals surface area contributed by atoms with Crippen molar-refractivity contribution in [2.45, 2.75) is 62.0 Å². The maximum absolute atomic E-state index is 14.6. The Labute approximate surface area is 281 Å². The summed E-state index contributed by atoms with van der Waals surface area (Å²) in [6.45, 7) is -0.445. The van der Waals surface area contributed by atoms with E-state index in [0.717, 1.165) is 47.5 Å². The fraction of sp³-hybridized carbons (Fsp3) is 0.278. The van der Waals surface area contributed by atoms with Crippen molar-refractivity contribution in [2.75, 3.05) is 10.8 Å². The third-order valence-electron chi connectivity index (χ3n) is 8.21. The summed E-state index contributed by atoms with van der Waals surface area (Å²) in [6.07, 6.45) is 5.24. The van der Waals surface area contributed by atoms with Crippen LogP contribution in [0.25, 0.3) is 0 Å². The molecule has 5 rings (SSSR count). The van der Waals surface area contributed by atoms with Crippen LogP contribution < -0.4 is 9.62 Å². The molecule has 1 N–H and O–H groups in total. The molecule has 0 spiro atoms. The Hall–Kier alpha value is -3.85. The van der Waals surface area contributed by atoms with Crippen molar-refractivity contribution in [2.24, 2.45) is 0 Å². The molecule has 0 aliphatic heterocycles. The molecule has 1 aliphatic rings. The smallest absolute Gasteiger partial charge is 0.264 e. The van der Waals surface area contributed by atoms with Gasteiger partial charge in [-0.25, -0.2) is 8.42 Å². The van der Waals surface area contributed by atoms with Crippen LogP contribution in [-0.4, -0.2) is 43.8 Å². The number of rotatable bonds is 12. The summed E-state index contributed by atoms with van der Waals surface area (Å²) in [5, 5.41) is 4.15. The van der Waals surface area contributed by atoms with Crippen molar-refractivity contribution in [3.05, 3.63) is 130 Å². The molecule has 10 heteroatoms. The molecule has 0 radical (unpaired) electrons. The zero-order valence-corrected chi connectivity index (χ0v) is 27.7. The lowest BCUT2D eigenvalue weighted by Gasteiger charge is -2.35. The predicted octanol–water partition coefficient (Wildman–Crippen LogP) is 7.28. The normalized spacial score (nSPS) is 14.3. The summed E-state index contributed by atoms with van der Waals surface area (Å²) < 4.78 is 29.2. The number of anilines is 1. The van der Waals surface area contributed by atoms with E-state index in [1.54, 1.807) is 54.6 Å². The molecule has 7 nitrogen and oxygen atoms in total. The highest BCUT2D eigenvalue weighted by molar-refractivity contribution is 7.92. The van der Waals surface area contributed by atoms with Gasteiger partial charge < -0.3 is 10.2 Å². The van der Waals surface area contributed by atoms with Crippen molar-refractivity contribution in [1.29, 1.82) is 0 Å². The van der Waals surface area contributed by atoms with E-state index in [1.807, 2.05) is 30.3 Å². The molecular formula is C36H37Cl2N3O4S. The summed E-state index contributed by atoms with van der Waals surface area (Å²) >= 11 is 12.2. The zero-order chi connectivity index (χ0) is 32.5. The molecule has 4 aromatic carbocycles. The molecule has 240 valence electrons. The Morgan fingerprint density at radius 3 is 1.91 bits per heavy atom. The summed E-state index contributed by atoms with van der Waals surface area (Å²) in [5.74, 6) is -0.777. The summed E-state index contributed by atoms with van der Waals surface area (Å²) in [5.41, 5.74) is 1.96. The van der Waals surface area contributed by atoms with Crippen LogP contribution in [0.4, 0.5) is 5.69 Å². The quantitative estimate of drug-likeness (QED) is 0.171. The topological polar surface area (TPSA) is 86.8 Å². The third kappa shape index (κ3) is 8.69. The molecule has 1 saturated carbocycles. The molecule has 2 amide bonds. The van der Waals surface area contributed by atoms with Crippen molar-refractivity contribution in [3.8, 4) is 0 Å². The molecule has 0 unspecified atom stereocenters. The van der Waals surface area contributed by atoms with Gasteiger partial charge in [-0.05, 0) is 72.5 Å². The summed E-state index contributed by atoms with van der Waals surface area (Å²) in [6, 6.07) is 30.0. The number of carbonyl (C=O) groups is 2. The van der Waals surface area contributed by atoms with Crippen molar-refractivity contribution in [3.63, 3.8) is 0 Å². The highest BCUT2D eigenvalue weighted by Crippen LogP contribution is 2.26. The van der Waals surface area contributed by atoms with E-state index < -0.39 is 28.5 Å². The first kappa shape index (κ1) is 33.5. The minimum Gasteiger partial charge on any atom is -0.352 e. The van der Waals surface area contributed by atoms with Crippen molar-refractivity contribution < 1.29 is 18.0 Å². The molecule has 0 aromatic heterocycles. The minimum absolute atomic E-state index is 0.00585. The monoisotopic (exact) mass is 677 g/mol. The Morgan fingerprint density at radius 1 is 0.739 bits per heavy atom. The van der Waals surface area contributed by atoms with Gasteiger partial charge in [0.15, 0.2) is 0 Å². The predicted molar refractivity (Wildman–Crippen MR) is 183 cm³/mol. The largest absolute Gasteiger partial charge is 0.352 e. The number of sulfonamides is 1. The maximum atomic E-state index is 14.6. The van der Waals surface area contributed by atoms with Crippen LogP contribution in [-0.2, 0) is 32.6 Å². The molecule has 4 aromatic rings. The second-order valence-electron chi connectivity index (χ2n) is 11.5.